The van der Waals surface area contributed by atoms with Crippen molar-refractivity contribution in [1.82, 2.24) is 0 Å². The second kappa shape index (κ2) is 5.75. The number of halogens is 1. The van der Waals surface area contributed by atoms with E-state index in [4.69, 9.17) is 16.3 Å². The molecule has 0 amide bonds. The van der Waals surface area contributed by atoms with Gasteiger partial charge < -0.3 is 4.74 Å². The zero-order chi connectivity index (χ0) is 13.0. The molecule has 2 rings (SSSR count). The molecular weight excluding hydrogens is 248 g/mol. The number of esters is 1. The normalized spacial score (nSPS) is 17.0. The van der Waals surface area contributed by atoms with Crippen molar-refractivity contribution in [3.8, 4) is 0 Å². The predicted molar refractivity (Wildman–Crippen MR) is 72.9 cm³/mol. The number of rotatable bonds is 5. The van der Waals surface area contributed by atoms with E-state index in [0.717, 1.165) is 12.8 Å². The van der Waals surface area contributed by atoms with Gasteiger partial charge in [-0.25, -0.2) is 4.79 Å². The van der Waals surface area contributed by atoms with Crippen LogP contribution in [-0.2, 0) is 4.74 Å². The van der Waals surface area contributed by atoms with E-state index in [0.29, 0.717) is 22.6 Å². The summed E-state index contributed by atoms with van der Waals surface area (Å²) in [7, 11) is 0. The fourth-order valence-electron chi connectivity index (χ4n) is 2.39. The molecule has 1 fully saturated rings. The molecule has 18 heavy (non-hydrogen) atoms. The number of ether oxygens (including phenoxy) is 1. The summed E-state index contributed by atoms with van der Waals surface area (Å²) in [5.41, 5.74) is 1.03. The Morgan fingerprint density at radius 3 is 2.83 bits per heavy atom. The minimum atomic E-state index is -0.281. The third-order valence-corrected chi connectivity index (χ3v) is 4.01. The molecule has 0 aromatic heterocycles. The van der Waals surface area contributed by atoms with Crippen molar-refractivity contribution in [2.24, 2.45) is 5.41 Å². The topological polar surface area (TPSA) is 26.3 Å². The second-order valence-electron chi connectivity index (χ2n) is 5.41. The molecule has 0 unspecified atom stereocenters. The van der Waals surface area contributed by atoms with E-state index < -0.39 is 0 Å². The summed E-state index contributed by atoms with van der Waals surface area (Å²) in [5, 5.41) is 0.562. The van der Waals surface area contributed by atoms with Crippen molar-refractivity contribution < 1.29 is 9.53 Å². The number of carbonyl (C=O) groups is 1. The van der Waals surface area contributed by atoms with E-state index in [1.807, 2.05) is 0 Å². The Labute approximate surface area is 113 Å². The van der Waals surface area contributed by atoms with Gasteiger partial charge in [-0.15, -0.1) is 0 Å². The summed E-state index contributed by atoms with van der Waals surface area (Å²) in [6.45, 7) is 2.82. The van der Waals surface area contributed by atoms with E-state index in [2.05, 4.69) is 6.92 Å². The van der Waals surface area contributed by atoms with Gasteiger partial charge in [0.25, 0.3) is 0 Å². The average molecular weight is 267 g/mol. The van der Waals surface area contributed by atoms with E-state index in [1.165, 1.54) is 19.3 Å². The minimum Gasteiger partial charge on any atom is -0.462 e. The zero-order valence-electron chi connectivity index (χ0n) is 10.7. The quantitative estimate of drug-likeness (QED) is 0.581. The number of carbonyl (C=O) groups excluding carboxylic acids is 1. The first-order valence-corrected chi connectivity index (χ1v) is 6.90. The van der Waals surface area contributed by atoms with E-state index >= 15 is 0 Å². The van der Waals surface area contributed by atoms with Crippen LogP contribution in [0.5, 0.6) is 0 Å². The molecule has 1 aromatic carbocycles. The van der Waals surface area contributed by atoms with E-state index in [-0.39, 0.29) is 5.97 Å². The summed E-state index contributed by atoms with van der Waals surface area (Å²) < 4.78 is 5.25. The van der Waals surface area contributed by atoms with Crippen LogP contribution in [0.25, 0.3) is 0 Å². The Morgan fingerprint density at radius 2 is 2.22 bits per heavy atom. The molecule has 1 aromatic rings. The lowest BCUT2D eigenvalue weighted by Crippen LogP contribution is -2.25. The van der Waals surface area contributed by atoms with Crippen LogP contribution in [0.2, 0.25) is 5.02 Å². The highest BCUT2D eigenvalue weighted by atomic mass is 35.5. The maximum atomic E-state index is 11.7. The molecule has 0 N–H and O–H groups in total. The Hall–Kier alpha value is -1.02. The Kier molecular flexibility index (Phi) is 4.28. The SMILES string of the molecule is CC1(CCCOC(=O)c2cccc(Cl)c2)CCC1. The molecule has 0 spiro atoms. The van der Waals surface area contributed by atoms with Crippen LogP contribution in [-0.4, -0.2) is 12.6 Å². The van der Waals surface area contributed by atoms with Crippen LogP contribution in [0.4, 0.5) is 0 Å². The van der Waals surface area contributed by atoms with Gasteiger partial charge in [0.2, 0.25) is 0 Å². The van der Waals surface area contributed by atoms with Gasteiger partial charge >= 0.3 is 5.97 Å². The first kappa shape index (κ1) is 13.4. The highest BCUT2D eigenvalue weighted by Crippen LogP contribution is 2.43. The molecule has 0 radical (unpaired) electrons. The smallest absolute Gasteiger partial charge is 0.338 e. The predicted octanol–water partition coefficient (Wildman–Crippen LogP) is 4.47. The summed E-state index contributed by atoms with van der Waals surface area (Å²) in [5.74, 6) is -0.281. The van der Waals surface area contributed by atoms with Gasteiger partial charge in [0.05, 0.1) is 12.2 Å². The summed E-state index contributed by atoms with van der Waals surface area (Å²) >= 11 is 5.83. The molecule has 0 heterocycles. The Morgan fingerprint density at radius 1 is 1.44 bits per heavy atom. The number of hydrogen-bond acceptors (Lipinski definition) is 2. The van der Waals surface area contributed by atoms with Crippen LogP contribution in [0.1, 0.15) is 49.4 Å². The van der Waals surface area contributed by atoms with Gasteiger partial charge in [-0.2, -0.15) is 0 Å². The van der Waals surface area contributed by atoms with Crippen LogP contribution in [0.15, 0.2) is 24.3 Å². The molecule has 2 nitrogen and oxygen atoms in total. The maximum absolute atomic E-state index is 11.7. The van der Waals surface area contributed by atoms with Gasteiger partial charge in [0.1, 0.15) is 0 Å². The highest BCUT2D eigenvalue weighted by Gasteiger charge is 2.30. The lowest BCUT2D eigenvalue weighted by molar-refractivity contribution is 0.0460. The molecule has 0 saturated heterocycles. The van der Waals surface area contributed by atoms with Crippen molar-refractivity contribution in [1.29, 1.82) is 0 Å². The number of hydrogen-bond donors (Lipinski definition) is 0. The number of benzene rings is 1. The van der Waals surface area contributed by atoms with Gasteiger partial charge in [-0.05, 0) is 49.3 Å². The zero-order valence-corrected chi connectivity index (χ0v) is 11.5. The third-order valence-electron chi connectivity index (χ3n) is 3.78. The largest absolute Gasteiger partial charge is 0.462 e. The molecule has 1 saturated carbocycles. The van der Waals surface area contributed by atoms with Crippen LogP contribution in [0.3, 0.4) is 0 Å². The molecule has 0 atom stereocenters. The van der Waals surface area contributed by atoms with Gasteiger partial charge in [0, 0.05) is 5.02 Å². The lowest BCUT2D eigenvalue weighted by atomic mass is 9.68. The fraction of sp³-hybridized carbons (Fsp3) is 0.533. The van der Waals surface area contributed by atoms with Crippen molar-refractivity contribution in [2.75, 3.05) is 6.61 Å². The molecule has 98 valence electrons. The van der Waals surface area contributed by atoms with Crippen molar-refractivity contribution in [3.63, 3.8) is 0 Å². The molecule has 1 aliphatic carbocycles. The van der Waals surface area contributed by atoms with E-state index in [9.17, 15) is 4.79 Å². The van der Waals surface area contributed by atoms with Crippen LogP contribution < -0.4 is 0 Å². The summed E-state index contributed by atoms with van der Waals surface area (Å²) in [6.07, 6.45) is 6.07. The molecule has 3 heteroatoms. The summed E-state index contributed by atoms with van der Waals surface area (Å²) in [6, 6.07) is 6.86. The average Bonchev–Trinajstić information content (AvgIpc) is 2.32. The van der Waals surface area contributed by atoms with Crippen LogP contribution in [0, 0.1) is 5.41 Å². The maximum Gasteiger partial charge on any atom is 0.338 e. The van der Waals surface area contributed by atoms with Gasteiger partial charge in [0.15, 0.2) is 0 Å². The van der Waals surface area contributed by atoms with Gasteiger partial charge in [-0.1, -0.05) is 31.0 Å². The van der Waals surface area contributed by atoms with Crippen molar-refractivity contribution in [2.45, 2.75) is 39.0 Å². The first-order valence-electron chi connectivity index (χ1n) is 6.52. The monoisotopic (exact) mass is 266 g/mol. The first-order chi connectivity index (χ1) is 8.59. The standard InChI is InChI=1S/C15H19ClO2/c1-15(7-3-8-15)9-4-10-18-14(17)12-5-2-6-13(16)11-12/h2,5-6,11H,3-4,7-10H2,1H3. The van der Waals surface area contributed by atoms with Crippen molar-refractivity contribution >= 4 is 17.6 Å². The van der Waals surface area contributed by atoms with Crippen LogP contribution >= 0.6 is 11.6 Å². The molecule has 0 aliphatic heterocycles. The lowest BCUT2D eigenvalue weighted by Gasteiger charge is -2.38. The van der Waals surface area contributed by atoms with Gasteiger partial charge in [-0.3, -0.25) is 0 Å². The molecular formula is C15H19ClO2. The molecule has 0 bridgehead atoms. The summed E-state index contributed by atoms with van der Waals surface area (Å²) in [4.78, 5) is 11.7. The fourth-order valence-corrected chi connectivity index (χ4v) is 2.58. The Balaban J connectivity index is 1.71. The van der Waals surface area contributed by atoms with E-state index in [1.54, 1.807) is 24.3 Å². The second-order valence-corrected chi connectivity index (χ2v) is 5.85. The molecule has 1 aliphatic rings. The van der Waals surface area contributed by atoms with Crippen molar-refractivity contribution in [3.05, 3.63) is 34.9 Å². The Bertz CT molecular complexity index is 424. The highest BCUT2D eigenvalue weighted by molar-refractivity contribution is 6.30. The third kappa shape index (κ3) is 3.49. The minimum absolute atomic E-state index is 0.281.